The number of ether oxygens (including phenoxy) is 1. The van der Waals surface area contributed by atoms with Crippen molar-refractivity contribution in [2.75, 3.05) is 13.2 Å². The molecule has 0 spiro atoms. The van der Waals surface area contributed by atoms with Crippen LogP contribution < -0.4 is 0 Å². The lowest BCUT2D eigenvalue weighted by atomic mass is 10.1. The van der Waals surface area contributed by atoms with Crippen molar-refractivity contribution in [2.45, 2.75) is 71.5 Å². The molecule has 1 heterocycles. The van der Waals surface area contributed by atoms with E-state index in [4.69, 9.17) is 4.74 Å². The number of aromatic nitrogens is 3. The minimum absolute atomic E-state index is 0.0360. The topological polar surface area (TPSA) is 60.2 Å². The Labute approximate surface area is 215 Å². The smallest absolute Gasteiger partial charge is 0.330 e. The summed E-state index contributed by atoms with van der Waals surface area (Å²) in [5.74, 6) is -0.292. The van der Waals surface area contributed by atoms with Gasteiger partial charge in [-0.25, -0.2) is 9.48 Å². The third-order valence-corrected chi connectivity index (χ3v) is 6.17. The van der Waals surface area contributed by atoms with Crippen molar-refractivity contribution in [1.82, 2.24) is 19.9 Å². The summed E-state index contributed by atoms with van der Waals surface area (Å²) in [6, 6.07) is 18.6. The molecule has 0 saturated carbocycles. The molecule has 0 saturated heterocycles. The molecular weight excluding hydrogens is 448 g/mol. The lowest BCUT2D eigenvalue weighted by Crippen LogP contribution is -2.34. The summed E-state index contributed by atoms with van der Waals surface area (Å²) in [6.07, 6.45) is 15.6. The molecule has 3 aromatic rings. The predicted molar refractivity (Wildman–Crippen MR) is 146 cm³/mol. The van der Waals surface area contributed by atoms with Gasteiger partial charge in [0.25, 0.3) is 0 Å². The van der Waals surface area contributed by atoms with Gasteiger partial charge in [0.15, 0.2) is 0 Å². The van der Waals surface area contributed by atoms with Crippen LogP contribution in [0.1, 0.15) is 70.5 Å². The maximum Gasteiger partial charge on any atom is 0.330 e. The minimum atomic E-state index is -0.292. The minimum Gasteiger partial charge on any atom is -0.463 e. The molecule has 3 rings (SSSR count). The molecule has 0 N–H and O–H groups in total. The van der Waals surface area contributed by atoms with Crippen molar-refractivity contribution in [3.05, 3.63) is 84.5 Å². The molecule has 1 atom stereocenters. The van der Waals surface area contributed by atoms with Crippen LogP contribution in [-0.4, -0.2) is 39.0 Å². The summed E-state index contributed by atoms with van der Waals surface area (Å²) >= 11 is 0. The van der Waals surface area contributed by atoms with Gasteiger partial charge >= 0.3 is 5.97 Å². The van der Waals surface area contributed by atoms with Crippen molar-refractivity contribution in [3.8, 4) is 0 Å². The Morgan fingerprint density at radius 2 is 1.75 bits per heavy atom. The first-order chi connectivity index (χ1) is 17.7. The van der Waals surface area contributed by atoms with Crippen LogP contribution in [-0.2, 0) is 16.1 Å². The van der Waals surface area contributed by atoms with Crippen LogP contribution in [0.3, 0.4) is 0 Å². The Hall–Kier alpha value is -3.25. The molecule has 0 aliphatic carbocycles. The van der Waals surface area contributed by atoms with Crippen LogP contribution in [0, 0.1) is 0 Å². The highest BCUT2D eigenvalue weighted by Gasteiger charge is 2.22. The molecule has 0 aliphatic heterocycles. The summed E-state index contributed by atoms with van der Waals surface area (Å²) in [7, 11) is 0. The summed E-state index contributed by atoms with van der Waals surface area (Å²) in [5.41, 5.74) is 3.19. The predicted octanol–water partition coefficient (Wildman–Crippen LogP) is 6.86. The number of hydrogen-bond acceptors (Lipinski definition) is 5. The average molecular weight is 489 g/mol. The van der Waals surface area contributed by atoms with Gasteiger partial charge in [-0.15, -0.1) is 5.10 Å². The molecule has 192 valence electrons. The molecule has 36 heavy (non-hydrogen) atoms. The zero-order valence-corrected chi connectivity index (χ0v) is 21.8. The van der Waals surface area contributed by atoms with E-state index in [1.807, 2.05) is 37.3 Å². The van der Waals surface area contributed by atoms with E-state index in [9.17, 15) is 4.79 Å². The number of carbonyl (C=O) groups excluding carboxylic acids is 1. The van der Waals surface area contributed by atoms with Crippen molar-refractivity contribution >= 4 is 17.0 Å². The van der Waals surface area contributed by atoms with E-state index in [1.165, 1.54) is 30.9 Å². The molecule has 0 radical (unpaired) electrons. The maximum atomic E-state index is 11.8. The highest BCUT2D eigenvalue weighted by atomic mass is 16.5. The number of nitrogens with zero attached hydrogens (tertiary/aromatic N) is 4. The van der Waals surface area contributed by atoms with E-state index in [2.05, 4.69) is 69.3 Å². The Kier molecular flexibility index (Phi) is 11.9. The summed E-state index contributed by atoms with van der Waals surface area (Å²) in [5, 5.41) is 9.03. The Morgan fingerprint density at radius 3 is 2.56 bits per heavy atom. The Balaban J connectivity index is 1.82. The number of hydrogen-bond donors (Lipinski definition) is 0. The quantitative estimate of drug-likeness (QED) is 0.0954. The van der Waals surface area contributed by atoms with Gasteiger partial charge in [0.1, 0.15) is 11.7 Å². The molecule has 1 unspecified atom stereocenters. The number of para-hydroxylation sites is 1. The largest absolute Gasteiger partial charge is 0.463 e. The van der Waals surface area contributed by atoms with Gasteiger partial charge in [0.2, 0.25) is 0 Å². The average Bonchev–Trinajstić information content (AvgIpc) is 3.32. The molecule has 0 fully saturated rings. The van der Waals surface area contributed by atoms with E-state index >= 15 is 0 Å². The standard InChI is InChI=1S/C30H40N4O2/c1-3-5-6-7-8-9-13-22-29(34-28-21-15-14-20-27(28)31-32-34)33(25-26-18-11-10-12-19-26)24-17-16-23-30(35)36-4-2/h8-12,14-16,18-21,23,29H,3-7,13,17,22,24-25H2,1-2H3/b9-8+,23-16+. The zero-order chi connectivity index (χ0) is 25.4. The monoisotopic (exact) mass is 488 g/mol. The highest BCUT2D eigenvalue weighted by molar-refractivity contribution is 5.81. The second kappa shape index (κ2) is 15.7. The highest BCUT2D eigenvalue weighted by Crippen LogP contribution is 2.26. The lowest BCUT2D eigenvalue weighted by molar-refractivity contribution is -0.137. The Morgan fingerprint density at radius 1 is 0.972 bits per heavy atom. The van der Waals surface area contributed by atoms with Crippen LogP contribution in [0.15, 0.2) is 78.9 Å². The summed E-state index contributed by atoms with van der Waals surface area (Å²) in [4.78, 5) is 14.2. The molecule has 1 aromatic heterocycles. The number of rotatable bonds is 16. The van der Waals surface area contributed by atoms with Crippen LogP contribution in [0.5, 0.6) is 0 Å². The van der Waals surface area contributed by atoms with Crippen LogP contribution in [0.25, 0.3) is 11.0 Å². The molecule has 0 amide bonds. The number of esters is 1. The first-order valence-electron chi connectivity index (χ1n) is 13.3. The zero-order valence-electron chi connectivity index (χ0n) is 21.8. The van der Waals surface area contributed by atoms with Crippen LogP contribution >= 0.6 is 0 Å². The number of fused-ring (bicyclic) bond motifs is 1. The number of allylic oxidation sites excluding steroid dienone is 2. The molecule has 0 aliphatic rings. The SMILES string of the molecule is CCCCC/C=C/CCC(N(CC/C=C/C(=O)OCC)Cc1ccccc1)n1nnc2ccccc21. The molecule has 0 bridgehead atoms. The van der Waals surface area contributed by atoms with E-state index in [0.29, 0.717) is 6.61 Å². The number of carbonyl (C=O) groups is 1. The van der Waals surface area contributed by atoms with Crippen molar-refractivity contribution in [2.24, 2.45) is 0 Å². The van der Waals surface area contributed by atoms with Crippen molar-refractivity contribution in [1.29, 1.82) is 0 Å². The summed E-state index contributed by atoms with van der Waals surface area (Å²) < 4.78 is 7.10. The molecular formula is C30H40N4O2. The van der Waals surface area contributed by atoms with Gasteiger partial charge in [-0.3, -0.25) is 4.90 Å². The maximum absolute atomic E-state index is 11.8. The van der Waals surface area contributed by atoms with Gasteiger partial charge in [0.05, 0.1) is 12.1 Å². The van der Waals surface area contributed by atoms with Crippen molar-refractivity contribution < 1.29 is 9.53 Å². The fraction of sp³-hybridized carbons (Fsp3) is 0.433. The molecule has 6 nitrogen and oxygen atoms in total. The van der Waals surface area contributed by atoms with Crippen molar-refractivity contribution in [3.63, 3.8) is 0 Å². The third-order valence-electron chi connectivity index (χ3n) is 6.17. The molecule has 2 aromatic carbocycles. The van der Waals surface area contributed by atoms with E-state index < -0.39 is 0 Å². The fourth-order valence-electron chi connectivity index (χ4n) is 4.32. The van der Waals surface area contributed by atoms with Gasteiger partial charge in [-0.2, -0.15) is 0 Å². The van der Waals surface area contributed by atoms with Gasteiger partial charge in [0, 0.05) is 19.2 Å². The molecule has 6 heteroatoms. The number of benzene rings is 2. The second-order valence-electron chi connectivity index (χ2n) is 8.95. The van der Waals surface area contributed by atoms with Crippen LogP contribution in [0.4, 0.5) is 0 Å². The summed E-state index contributed by atoms with van der Waals surface area (Å²) in [6.45, 7) is 6.01. The van der Waals surface area contributed by atoms with E-state index in [0.717, 1.165) is 49.8 Å². The fourth-order valence-corrected chi connectivity index (χ4v) is 4.32. The van der Waals surface area contributed by atoms with Crippen LogP contribution in [0.2, 0.25) is 0 Å². The van der Waals surface area contributed by atoms with E-state index in [1.54, 1.807) is 0 Å². The second-order valence-corrected chi connectivity index (χ2v) is 8.95. The number of unbranched alkanes of at least 4 members (excludes halogenated alkanes) is 3. The van der Waals surface area contributed by atoms with Gasteiger partial charge in [-0.1, -0.05) is 85.7 Å². The first-order valence-corrected chi connectivity index (χ1v) is 13.3. The van der Waals surface area contributed by atoms with Gasteiger partial charge < -0.3 is 4.74 Å². The first kappa shape index (κ1) is 27.3. The van der Waals surface area contributed by atoms with E-state index in [-0.39, 0.29) is 12.1 Å². The third kappa shape index (κ3) is 8.76. The Bertz CT molecular complexity index is 1090. The van der Waals surface area contributed by atoms with Gasteiger partial charge in [-0.05, 0) is 56.7 Å². The lowest BCUT2D eigenvalue weighted by Gasteiger charge is -2.32. The normalized spacial score (nSPS) is 12.8.